The number of amides is 1. The molecule has 6 nitrogen and oxygen atoms in total. The molecule has 23 heavy (non-hydrogen) atoms. The standard InChI is InChI=1S/C16H26N2O4S/c1-12-10-13(2)16(14(3)11-12)23(20,21)17-6-7-18(15(4)19)8-9-22-5/h10-11,17H,6-9H2,1-5H3. The minimum Gasteiger partial charge on any atom is -0.383 e. The predicted molar refractivity (Wildman–Crippen MR) is 90.0 cm³/mol. The Balaban J connectivity index is 2.78. The van der Waals surface area contributed by atoms with E-state index < -0.39 is 10.0 Å². The van der Waals surface area contributed by atoms with Crippen LogP contribution in [0, 0.1) is 20.8 Å². The van der Waals surface area contributed by atoms with E-state index in [0.29, 0.717) is 24.6 Å². The molecule has 0 spiro atoms. The van der Waals surface area contributed by atoms with E-state index in [9.17, 15) is 13.2 Å². The molecule has 1 aromatic rings. The molecule has 130 valence electrons. The van der Waals surface area contributed by atoms with Crippen molar-refractivity contribution in [1.29, 1.82) is 0 Å². The maximum atomic E-state index is 12.5. The number of nitrogens with zero attached hydrogens (tertiary/aromatic N) is 1. The van der Waals surface area contributed by atoms with Gasteiger partial charge in [-0.15, -0.1) is 0 Å². The molecule has 0 heterocycles. The number of benzene rings is 1. The molecule has 0 aliphatic carbocycles. The van der Waals surface area contributed by atoms with E-state index in [-0.39, 0.29) is 12.5 Å². The van der Waals surface area contributed by atoms with Crippen LogP contribution in [0.2, 0.25) is 0 Å². The summed E-state index contributed by atoms with van der Waals surface area (Å²) in [5.41, 5.74) is 2.47. The number of methoxy groups -OCH3 is 1. The molecule has 1 N–H and O–H groups in total. The molecule has 1 amide bonds. The monoisotopic (exact) mass is 342 g/mol. The van der Waals surface area contributed by atoms with Crippen LogP contribution in [-0.2, 0) is 19.6 Å². The Morgan fingerprint density at radius 1 is 1.17 bits per heavy atom. The second-order valence-electron chi connectivity index (χ2n) is 5.62. The number of ether oxygens (including phenoxy) is 1. The molecule has 1 aromatic carbocycles. The Morgan fingerprint density at radius 2 is 1.74 bits per heavy atom. The number of sulfonamides is 1. The van der Waals surface area contributed by atoms with E-state index in [1.807, 2.05) is 19.1 Å². The largest absolute Gasteiger partial charge is 0.383 e. The smallest absolute Gasteiger partial charge is 0.241 e. The fourth-order valence-electron chi connectivity index (χ4n) is 2.61. The van der Waals surface area contributed by atoms with Gasteiger partial charge in [-0.25, -0.2) is 13.1 Å². The van der Waals surface area contributed by atoms with Crippen LogP contribution in [0.1, 0.15) is 23.6 Å². The summed E-state index contributed by atoms with van der Waals surface area (Å²) < 4.78 is 32.5. The van der Waals surface area contributed by atoms with Crippen LogP contribution >= 0.6 is 0 Å². The first-order valence-electron chi connectivity index (χ1n) is 7.51. The molecular formula is C16H26N2O4S. The lowest BCUT2D eigenvalue weighted by Gasteiger charge is -2.21. The quantitative estimate of drug-likeness (QED) is 0.774. The molecule has 0 aromatic heterocycles. The van der Waals surface area contributed by atoms with Crippen LogP contribution in [0.4, 0.5) is 0 Å². The highest BCUT2D eigenvalue weighted by atomic mass is 32.2. The minimum absolute atomic E-state index is 0.107. The molecule has 0 aliphatic heterocycles. The third-order valence-electron chi connectivity index (χ3n) is 3.56. The molecule has 0 fully saturated rings. The van der Waals surface area contributed by atoms with Crippen molar-refractivity contribution in [3.8, 4) is 0 Å². The van der Waals surface area contributed by atoms with Gasteiger partial charge in [0.15, 0.2) is 0 Å². The summed E-state index contributed by atoms with van der Waals surface area (Å²) in [6.07, 6.45) is 0. The molecular weight excluding hydrogens is 316 g/mol. The third kappa shape index (κ3) is 5.60. The SMILES string of the molecule is COCCN(CCNS(=O)(=O)c1c(C)cc(C)cc1C)C(C)=O. The lowest BCUT2D eigenvalue weighted by molar-refractivity contribution is -0.129. The van der Waals surface area contributed by atoms with Crippen molar-refractivity contribution in [3.05, 3.63) is 28.8 Å². The molecule has 0 saturated carbocycles. The summed E-state index contributed by atoms with van der Waals surface area (Å²) >= 11 is 0. The Morgan fingerprint density at radius 3 is 2.22 bits per heavy atom. The number of rotatable bonds is 8. The van der Waals surface area contributed by atoms with Gasteiger partial charge in [-0.1, -0.05) is 17.7 Å². The summed E-state index contributed by atoms with van der Waals surface area (Å²) in [7, 11) is -2.04. The highest BCUT2D eigenvalue weighted by molar-refractivity contribution is 7.89. The van der Waals surface area contributed by atoms with Gasteiger partial charge in [0.25, 0.3) is 0 Å². The zero-order valence-electron chi connectivity index (χ0n) is 14.5. The van der Waals surface area contributed by atoms with Crippen LogP contribution in [0.15, 0.2) is 17.0 Å². The summed E-state index contributed by atoms with van der Waals surface area (Å²) in [5.74, 6) is -0.107. The Labute approximate surface area is 138 Å². The van der Waals surface area contributed by atoms with Crippen molar-refractivity contribution < 1.29 is 17.9 Å². The van der Waals surface area contributed by atoms with Crippen molar-refractivity contribution in [1.82, 2.24) is 9.62 Å². The molecule has 1 rings (SSSR count). The first-order valence-corrected chi connectivity index (χ1v) is 8.99. The van der Waals surface area contributed by atoms with Gasteiger partial charge >= 0.3 is 0 Å². The van der Waals surface area contributed by atoms with Crippen LogP contribution < -0.4 is 4.72 Å². The number of hydrogen-bond donors (Lipinski definition) is 1. The van der Waals surface area contributed by atoms with Crippen LogP contribution in [0.5, 0.6) is 0 Å². The van der Waals surface area contributed by atoms with Crippen LogP contribution in [0.25, 0.3) is 0 Å². The van der Waals surface area contributed by atoms with Crippen molar-refractivity contribution in [2.75, 3.05) is 33.4 Å². The zero-order chi connectivity index (χ0) is 17.6. The first-order chi connectivity index (χ1) is 10.7. The number of aryl methyl sites for hydroxylation is 3. The van der Waals surface area contributed by atoms with Crippen molar-refractivity contribution in [3.63, 3.8) is 0 Å². The maximum Gasteiger partial charge on any atom is 0.241 e. The average Bonchev–Trinajstić information content (AvgIpc) is 2.40. The van der Waals surface area contributed by atoms with E-state index in [1.165, 1.54) is 6.92 Å². The Bertz CT molecular complexity index is 633. The van der Waals surface area contributed by atoms with Gasteiger partial charge in [0.1, 0.15) is 0 Å². The number of hydrogen-bond acceptors (Lipinski definition) is 4. The summed E-state index contributed by atoms with van der Waals surface area (Å²) in [6.45, 7) is 8.30. The Kier molecular flexibility index (Phi) is 7.18. The molecule has 0 radical (unpaired) electrons. The number of carbonyl (C=O) groups excluding carboxylic acids is 1. The average molecular weight is 342 g/mol. The molecule has 0 bridgehead atoms. The second kappa shape index (κ2) is 8.42. The number of nitrogens with one attached hydrogen (secondary N) is 1. The van der Waals surface area contributed by atoms with Crippen molar-refractivity contribution in [2.45, 2.75) is 32.6 Å². The molecule has 0 saturated heterocycles. The van der Waals surface area contributed by atoms with E-state index in [4.69, 9.17) is 4.74 Å². The van der Waals surface area contributed by atoms with E-state index in [0.717, 1.165) is 16.7 Å². The first kappa shape index (κ1) is 19.6. The topological polar surface area (TPSA) is 75.7 Å². The predicted octanol–water partition coefficient (Wildman–Crippen LogP) is 1.39. The van der Waals surface area contributed by atoms with E-state index >= 15 is 0 Å². The van der Waals surface area contributed by atoms with Gasteiger partial charge in [0, 0.05) is 33.7 Å². The van der Waals surface area contributed by atoms with Gasteiger partial charge in [0.2, 0.25) is 15.9 Å². The minimum atomic E-state index is -3.60. The van der Waals surface area contributed by atoms with Gasteiger partial charge in [-0.05, 0) is 31.9 Å². The molecule has 0 aliphatic rings. The second-order valence-corrected chi connectivity index (χ2v) is 7.33. The van der Waals surface area contributed by atoms with Crippen LogP contribution in [0.3, 0.4) is 0 Å². The highest BCUT2D eigenvalue weighted by Crippen LogP contribution is 2.21. The summed E-state index contributed by atoms with van der Waals surface area (Å²) in [6, 6.07) is 3.70. The van der Waals surface area contributed by atoms with Gasteiger partial charge in [-0.3, -0.25) is 4.79 Å². The van der Waals surface area contributed by atoms with Gasteiger partial charge in [0.05, 0.1) is 11.5 Å². The highest BCUT2D eigenvalue weighted by Gasteiger charge is 2.20. The normalized spacial score (nSPS) is 11.5. The Hall–Kier alpha value is -1.44. The van der Waals surface area contributed by atoms with Crippen molar-refractivity contribution >= 4 is 15.9 Å². The van der Waals surface area contributed by atoms with E-state index in [1.54, 1.807) is 25.9 Å². The maximum absolute atomic E-state index is 12.5. The number of carbonyl (C=O) groups is 1. The summed E-state index contributed by atoms with van der Waals surface area (Å²) in [5, 5.41) is 0. The fraction of sp³-hybridized carbons (Fsp3) is 0.562. The van der Waals surface area contributed by atoms with Crippen molar-refractivity contribution in [2.24, 2.45) is 0 Å². The zero-order valence-corrected chi connectivity index (χ0v) is 15.3. The lowest BCUT2D eigenvalue weighted by atomic mass is 10.1. The fourth-order valence-corrected chi connectivity index (χ4v) is 4.08. The molecule has 0 unspecified atom stereocenters. The van der Waals surface area contributed by atoms with E-state index in [2.05, 4.69) is 4.72 Å². The molecule has 0 atom stereocenters. The van der Waals surface area contributed by atoms with Gasteiger partial charge < -0.3 is 9.64 Å². The van der Waals surface area contributed by atoms with Gasteiger partial charge in [-0.2, -0.15) is 0 Å². The molecule has 7 heteroatoms. The lowest BCUT2D eigenvalue weighted by Crippen LogP contribution is -2.39. The van der Waals surface area contributed by atoms with Crippen LogP contribution in [-0.4, -0.2) is 52.6 Å². The third-order valence-corrected chi connectivity index (χ3v) is 5.32. The summed E-state index contributed by atoms with van der Waals surface area (Å²) in [4.78, 5) is 13.4.